The molecule has 7 nitrogen and oxygen atoms in total. The zero-order valence-corrected chi connectivity index (χ0v) is 13.3. The Morgan fingerprint density at radius 3 is 2.92 bits per heavy atom. The van der Waals surface area contributed by atoms with E-state index in [-0.39, 0.29) is 5.91 Å². The number of rotatable bonds is 5. The molecule has 25 heavy (non-hydrogen) atoms. The first-order valence-corrected chi connectivity index (χ1v) is 7.86. The lowest BCUT2D eigenvalue weighted by atomic mass is 10.2. The molecule has 0 unspecified atom stereocenters. The van der Waals surface area contributed by atoms with Gasteiger partial charge in [-0.1, -0.05) is 6.07 Å². The molecule has 0 aromatic carbocycles. The van der Waals surface area contributed by atoms with Crippen LogP contribution in [0, 0.1) is 0 Å². The minimum atomic E-state index is -0.175. The lowest BCUT2D eigenvalue weighted by molar-refractivity contribution is 0.0955. The van der Waals surface area contributed by atoms with E-state index in [0.29, 0.717) is 35.5 Å². The highest BCUT2D eigenvalue weighted by Gasteiger charge is 2.15. The van der Waals surface area contributed by atoms with Crippen LogP contribution in [0.15, 0.2) is 59.7 Å². The highest BCUT2D eigenvalue weighted by atomic mass is 16.3. The molecule has 0 saturated heterocycles. The van der Waals surface area contributed by atoms with Crippen molar-refractivity contribution in [3.63, 3.8) is 0 Å². The molecule has 0 atom stereocenters. The van der Waals surface area contributed by atoms with Gasteiger partial charge in [-0.05, 0) is 24.3 Å². The summed E-state index contributed by atoms with van der Waals surface area (Å²) in [7, 11) is 0. The van der Waals surface area contributed by atoms with Crippen molar-refractivity contribution in [1.29, 1.82) is 0 Å². The molecule has 0 aliphatic heterocycles. The van der Waals surface area contributed by atoms with E-state index in [1.807, 2.05) is 18.2 Å². The maximum Gasteiger partial charge on any atom is 0.253 e. The third-order valence-corrected chi connectivity index (χ3v) is 3.82. The molecule has 0 aliphatic rings. The average molecular weight is 333 g/mol. The highest BCUT2D eigenvalue weighted by Crippen LogP contribution is 2.21. The summed E-state index contributed by atoms with van der Waals surface area (Å²) in [6.07, 6.45) is 7.15. The number of hydrogen-bond donors (Lipinski definition) is 2. The second kappa shape index (κ2) is 6.56. The van der Waals surface area contributed by atoms with E-state index in [0.717, 1.165) is 11.3 Å². The highest BCUT2D eigenvalue weighted by molar-refractivity contribution is 6.04. The number of nitrogens with zero attached hydrogens (tertiary/aromatic N) is 3. The number of carbonyl (C=O) groups excluding carboxylic acids is 1. The minimum absolute atomic E-state index is 0.175. The molecule has 0 saturated carbocycles. The molecule has 7 heteroatoms. The van der Waals surface area contributed by atoms with Crippen LogP contribution in [0.4, 0.5) is 0 Å². The van der Waals surface area contributed by atoms with Gasteiger partial charge in [-0.15, -0.1) is 0 Å². The molecule has 0 radical (unpaired) electrons. The van der Waals surface area contributed by atoms with Gasteiger partial charge in [0.15, 0.2) is 5.65 Å². The van der Waals surface area contributed by atoms with Crippen LogP contribution >= 0.6 is 0 Å². The molecule has 4 heterocycles. The van der Waals surface area contributed by atoms with Crippen LogP contribution in [0.5, 0.6) is 0 Å². The standard InChI is InChI=1S/C18H15N5O2/c24-18(21-8-4-13-3-1-2-7-19-13)14-5-9-20-17-15(14)22-16(23-17)12-6-10-25-11-12/h1-3,5-7,9-11H,4,8H2,(H,21,24)(H,20,22,23). The Balaban J connectivity index is 1.53. The predicted octanol–water partition coefficient (Wildman–Crippen LogP) is 2.59. The smallest absolute Gasteiger partial charge is 0.253 e. The average Bonchev–Trinajstić information content (AvgIpc) is 3.31. The first kappa shape index (κ1) is 15.1. The van der Waals surface area contributed by atoms with Gasteiger partial charge in [0, 0.05) is 31.1 Å². The van der Waals surface area contributed by atoms with Gasteiger partial charge < -0.3 is 14.7 Å². The molecular weight excluding hydrogens is 318 g/mol. The first-order valence-electron chi connectivity index (χ1n) is 7.86. The van der Waals surface area contributed by atoms with E-state index in [4.69, 9.17) is 4.42 Å². The fourth-order valence-corrected chi connectivity index (χ4v) is 2.58. The normalized spacial score (nSPS) is 10.9. The predicted molar refractivity (Wildman–Crippen MR) is 91.9 cm³/mol. The van der Waals surface area contributed by atoms with Gasteiger partial charge in [-0.3, -0.25) is 9.78 Å². The van der Waals surface area contributed by atoms with Crippen LogP contribution < -0.4 is 5.32 Å². The van der Waals surface area contributed by atoms with Crippen LogP contribution in [0.25, 0.3) is 22.6 Å². The Morgan fingerprint density at radius 1 is 1.16 bits per heavy atom. The summed E-state index contributed by atoms with van der Waals surface area (Å²) in [5, 5.41) is 2.91. The molecule has 2 N–H and O–H groups in total. The van der Waals surface area contributed by atoms with Gasteiger partial charge in [0.25, 0.3) is 5.91 Å². The molecular formula is C18H15N5O2. The summed E-state index contributed by atoms with van der Waals surface area (Å²) in [4.78, 5) is 28.5. The Kier molecular flexibility index (Phi) is 3.96. The van der Waals surface area contributed by atoms with Gasteiger partial charge in [-0.2, -0.15) is 0 Å². The summed E-state index contributed by atoms with van der Waals surface area (Å²) >= 11 is 0. The van der Waals surface area contributed by atoms with E-state index < -0.39 is 0 Å². The number of furan rings is 1. The SMILES string of the molecule is O=C(NCCc1ccccn1)c1ccnc2nc(-c3ccoc3)[nH]c12. The van der Waals surface area contributed by atoms with Gasteiger partial charge in [0.1, 0.15) is 12.1 Å². The fraction of sp³-hybridized carbons (Fsp3) is 0.111. The molecule has 4 aromatic rings. The molecule has 0 aliphatic carbocycles. The molecule has 1 amide bonds. The molecule has 0 bridgehead atoms. The molecule has 124 valence electrons. The third-order valence-electron chi connectivity index (χ3n) is 3.82. The number of H-pyrrole nitrogens is 1. The molecule has 4 rings (SSSR count). The summed E-state index contributed by atoms with van der Waals surface area (Å²) < 4.78 is 5.07. The molecule has 4 aromatic heterocycles. The van der Waals surface area contributed by atoms with E-state index in [9.17, 15) is 4.79 Å². The zero-order valence-electron chi connectivity index (χ0n) is 13.3. The van der Waals surface area contributed by atoms with Crippen LogP contribution in [-0.4, -0.2) is 32.4 Å². The number of hydrogen-bond acceptors (Lipinski definition) is 5. The van der Waals surface area contributed by atoms with E-state index in [1.54, 1.807) is 37.1 Å². The fourth-order valence-electron chi connectivity index (χ4n) is 2.58. The van der Waals surface area contributed by atoms with Crippen molar-refractivity contribution in [2.75, 3.05) is 6.54 Å². The van der Waals surface area contributed by atoms with Crippen molar-refractivity contribution in [2.45, 2.75) is 6.42 Å². The molecule has 0 fully saturated rings. The van der Waals surface area contributed by atoms with Crippen molar-refractivity contribution in [1.82, 2.24) is 25.3 Å². The van der Waals surface area contributed by atoms with E-state index in [1.165, 1.54) is 0 Å². The Labute approximate surface area is 143 Å². The summed E-state index contributed by atoms with van der Waals surface area (Å²) in [6, 6.07) is 9.20. The van der Waals surface area contributed by atoms with E-state index >= 15 is 0 Å². The second-order valence-corrected chi connectivity index (χ2v) is 5.48. The number of fused-ring (bicyclic) bond motifs is 1. The summed E-state index contributed by atoms with van der Waals surface area (Å²) in [6.45, 7) is 0.502. The maximum atomic E-state index is 12.5. The lowest BCUT2D eigenvalue weighted by Gasteiger charge is -2.05. The summed E-state index contributed by atoms with van der Waals surface area (Å²) in [5.41, 5.74) is 3.35. The second-order valence-electron chi connectivity index (χ2n) is 5.48. The Bertz CT molecular complexity index is 993. The van der Waals surface area contributed by atoms with Gasteiger partial charge in [0.2, 0.25) is 0 Å². The number of pyridine rings is 2. The topological polar surface area (TPSA) is 96.7 Å². The summed E-state index contributed by atoms with van der Waals surface area (Å²) in [5.74, 6) is 0.440. The van der Waals surface area contributed by atoms with E-state index in [2.05, 4.69) is 25.3 Å². The van der Waals surface area contributed by atoms with Crippen LogP contribution in [0.1, 0.15) is 16.1 Å². The van der Waals surface area contributed by atoms with Crippen molar-refractivity contribution < 1.29 is 9.21 Å². The third kappa shape index (κ3) is 3.12. The van der Waals surface area contributed by atoms with Crippen molar-refractivity contribution in [3.05, 3.63) is 66.5 Å². The number of nitrogens with one attached hydrogen (secondary N) is 2. The Hall–Kier alpha value is -3.48. The largest absolute Gasteiger partial charge is 0.472 e. The number of carbonyl (C=O) groups is 1. The number of aromatic nitrogens is 4. The number of amides is 1. The lowest BCUT2D eigenvalue weighted by Crippen LogP contribution is -2.26. The Morgan fingerprint density at radius 2 is 2.12 bits per heavy atom. The number of imidazole rings is 1. The van der Waals surface area contributed by atoms with Crippen LogP contribution in [0.2, 0.25) is 0 Å². The zero-order chi connectivity index (χ0) is 17.1. The minimum Gasteiger partial charge on any atom is -0.472 e. The monoisotopic (exact) mass is 333 g/mol. The van der Waals surface area contributed by atoms with Crippen molar-refractivity contribution in [2.24, 2.45) is 0 Å². The van der Waals surface area contributed by atoms with Crippen LogP contribution in [-0.2, 0) is 6.42 Å². The first-order chi connectivity index (χ1) is 12.3. The van der Waals surface area contributed by atoms with Gasteiger partial charge >= 0.3 is 0 Å². The van der Waals surface area contributed by atoms with Crippen molar-refractivity contribution >= 4 is 17.1 Å². The molecule has 0 spiro atoms. The van der Waals surface area contributed by atoms with Crippen LogP contribution in [0.3, 0.4) is 0 Å². The van der Waals surface area contributed by atoms with Gasteiger partial charge in [-0.25, -0.2) is 9.97 Å². The van der Waals surface area contributed by atoms with Crippen molar-refractivity contribution in [3.8, 4) is 11.4 Å². The number of aromatic amines is 1. The maximum absolute atomic E-state index is 12.5. The van der Waals surface area contributed by atoms with Gasteiger partial charge in [0.05, 0.1) is 22.9 Å². The quantitative estimate of drug-likeness (QED) is 0.585.